The highest BCUT2D eigenvalue weighted by molar-refractivity contribution is 5.56. The molecule has 0 radical (unpaired) electrons. The third-order valence-electron chi connectivity index (χ3n) is 3.47. The molecule has 1 heterocycles. The zero-order valence-corrected chi connectivity index (χ0v) is 12.8. The number of benzene rings is 1. The van der Waals surface area contributed by atoms with Gasteiger partial charge in [0.2, 0.25) is 0 Å². The van der Waals surface area contributed by atoms with Crippen LogP contribution in [0.3, 0.4) is 0 Å². The summed E-state index contributed by atoms with van der Waals surface area (Å²) in [6, 6.07) is 8.58. The summed E-state index contributed by atoms with van der Waals surface area (Å²) < 4.78 is 2.12. The molecule has 0 aliphatic rings. The van der Waals surface area contributed by atoms with Gasteiger partial charge in [-0.15, -0.1) is 10.2 Å². The highest BCUT2D eigenvalue weighted by Crippen LogP contribution is 2.25. The van der Waals surface area contributed by atoms with Crippen LogP contribution < -0.4 is 5.73 Å². The Kier molecular flexibility index (Phi) is 4.23. The van der Waals surface area contributed by atoms with E-state index in [0.29, 0.717) is 6.54 Å². The molecule has 4 heteroatoms. The minimum atomic E-state index is 0.165. The van der Waals surface area contributed by atoms with Crippen molar-refractivity contribution in [1.82, 2.24) is 14.8 Å². The van der Waals surface area contributed by atoms with Crippen molar-refractivity contribution >= 4 is 0 Å². The highest BCUT2D eigenvalue weighted by atomic mass is 15.3. The van der Waals surface area contributed by atoms with Crippen molar-refractivity contribution < 1.29 is 0 Å². The SMILES string of the molecule is CCCn1c(CN)nnc1-c1ccc(C(C)(C)C)cc1. The molecule has 2 N–H and O–H groups in total. The van der Waals surface area contributed by atoms with Gasteiger partial charge in [-0.05, 0) is 17.4 Å². The van der Waals surface area contributed by atoms with Gasteiger partial charge in [0.25, 0.3) is 0 Å². The molecule has 0 saturated carbocycles. The van der Waals surface area contributed by atoms with Gasteiger partial charge >= 0.3 is 0 Å². The van der Waals surface area contributed by atoms with Crippen molar-refractivity contribution in [1.29, 1.82) is 0 Å². The van der Waals surface area contributed by atoms with Gasteiger partial charge in [0.1, 0.15) is 5.82 Å². The maximum Gasteiger partial charge on any atom is 0.163 e. The Labute approximate surface area is 121 Å². The van der Waals surface area contributed by atoms with E-state index in [1.165, 1.54) is 5.56 Å². The molecule has 108 valence electrons. The summed E-state index contributed by atoms with van der Waals surface area (Å²) in [6.45, 7) is 10.1. The summed E-state index contributed by atoms with van der Waals surface area (Å²) in [5, 5.41) is 8.49. The second-order valence-electron chi connectivity index (χ2n) is 6.12. The monoisotopic (exact) mass is 272 g/mol. The second-order valence-corrected chi connectivity index (χ2v) is 6.12. The minimum Gasteiger partial charge on any atom is -0.324 e. The molecule has 0 fully saturated rings. The summed E-state index contributed by atoms with van der Waals surface area (Å²) in [7, 11) is 0. The van der Waals surface area contributed by atoms with Crippen molar-refractivity contribution in [3.8, 4) is 11.4 Å². The van der Waals surface area contributed by atoms with E-state index in [1.807, 2.05) is 0 Å². The molecule has 2 aromatic rings. The van der Waals surface area contributed by atoms with Gasteiger partial charge in [0, 0.05) is 12.1 Å². The maximum atomic E-state index is 5.73. The van der Waals surface area contributed by atoms with Gasteiger partial charge < -0.3 is 10.3 Å². The van der Waals surface area contributed by atoms with Crippen LogP contribution in [0.2, 0.25) is 0 Å². The molecule has 0 atom stereocenters. The molecule has 0 unspecified atom stereocenters. The second kappa shape index (κ2) is 5.75. The first-order valence-electron chi connectivity index (χ1n) is 7.20. The summed E-state index contributed by atoms with van der Waals surface area (Å²) in [6.07, 6.45) is 1.04. The van der Waals surface area contributed by atoms with E-state index in [9.17, 15) is 0 Å². The average molecular weight is 272 g/mol. The predicted octanol–water partition coefficient (Wildman–Crippen LogP) is 3.11. The summed E-state index contributed by atoms with van der Waals surface area (Å²) in [4.78, 5) is 0. The summed E-state index contributed by atoms with van der Waals surface area (Å²) >= 11 is 0. The van der Waals surface area contributed by atoms with Crippen LogP contribution in [-0.4, -0.2) is 14.8 Å². The largest absolute Gasteiger partial charge is 0.324 e. The fourth-order valence-corrected chi connectivity index (χ4v) is 2.28. The molecule has 0 bridgehead atoms. The smallest absolute Gasteiger partial charge is 0.163 e. The first kappa shape index (κ1) is 14.7. The number of hydrogen-bond donors (Lipinski definition) is 1. The quantitative estimate of drug-likeness (QED) is 0.930. The van der Waals surface area contributed by atoms with E-state index in [0.717, 1.165) is 30.2 Å². The molecule has 4 nitrogen and oxygen atoms in total. The van der Waals surface area contributed by atoms with Gasteiger partial charge in [-0.3, -0.25) is 0 Å². The Hall–Kier alpha value is -1.68. The van der Waals surface area contributed by atoms with Crippen molar-refractivity contribution in [2.45, 2.75) is 52.6 Å². The van der Waals surface area contributed by atoms with Gasteiger partial charge in [-0.2, -0.15) is 0 Å². The van der Waals surface area contributed by atoms with E-state index in [-0.39, 0.29) is 5.41 Å². The fraction of sp³-hybridized carbons (Fsp3) is 0.500. The molecule has 0 aliphatic carbocycles. The lowest BCUT2D eigenvalue weighted by Crippen LogP contribution is -2.11. The Bertz CT molecular complexity index is 561. The van der Waals surface area contributed by atoms with Crippen LogP contribution in [0.25, 0.3) is 11.4 Å². The molecule has 1 aromatic heterocycles. The van der Waals surface area contributed by atoms with Crippen LogP contribution in [0.1, 0.15) is 45.5 Å². The minimum absolute atomic E-state index is 0.165. The number of hydrogen-bond acceptors (Lipinski definition) is 3. The first-order chi connectivity index (χ1) is 9.47. The topological polar surface area (TPSA) is 56.7 Å². The molecule has 1 aromatic carbocycles. The molecule has 0 aliphatic heterocycles. The van der Waals surface area contributed by atoms with Crippen molar-refractivity contribution in [3.63, 3.8) is 0 Å². The standard InChI is InChI=1S/C16H24N4/c1-5-10-20-14(11-17)18-19-15(20)12-6-8-13(9-7-12)16(2,3)4/h6-9H,5,10-11,17H2,1-4H3. The molecular formula is C16H24N4. The Morgan fingerprint density at radius 1 is 1.10 bits per heavy atom. The first-order valence-corrected chi connectivity index (χ1v) is 7.20. The van der Waals surface area contributed by atoms with E-state index < -0.39 is 0 Å². The van der Waals surface area contributed by atoms with Gasteiger partial charge in [-0.25, -0.2) is 0 Å². The number of nitrogens with two attached hydrogens (primary N) is 1. The molecule has 0 saturated heterocycles. The Balaban J connectivity index is 2.39. The fourth-order valence-electron chi connectivity index (χ4n) is 2.28. The lowest BCUT2D eigenvalue weighted by atomic mass is 9.87. The third kappa shape index (κ3) is 2.90. The molecule has 20 heavy (non-hydrogen) atoms. The van der Waals surface area contributed by atoms with E-state index in [2.05, 4.69) is 66.7 Å². The van der Waals surface area contributed by atoms with Gasteiger partial charge in [-0.1, -0.05) is 52.0 Å². The lowest BCUT2D eigenvalue weighted by Gasteiger charge is -2.19. The number of nitrogens with zero attached hydrogens (tertiary/aromatic N) is 3. The maximum absolute atomic E-state index is 5.73. The van der Waals surface area contributed by atoms with Gasteiger partial charge in [0.15, 0.2) is 5.82 Å². The van der Waals surface area contributed by atoms with Crippen LogP contribution in [0.15, 0.2) is 24.3 Å². The summed E-state index contributed by atoms with van der Waals surface area (Å²) in [5.74, 6) is 1.76. The molecular weight excluding hydrogens is 248 g/mol. The van der Waals surface area contributed by atoms with Crippen molar-refractivity contribution in [2.75, 3.05) is 0 Å². The molecule has 0 spiro atoms. The van der Waals surface area contributed by atoms with E-state index in [1.54, 1.807) is 0 Å². The Morgan fingerprint density at radius 2 is 1.75 bits per heavy atom. The molecule has 2 rings (SSSR count). The van der Waals surface area contributed by atoms with Crippen LogP contribution in [0.5, 0.6) is 0 Å². The normalized spacial score (nSPS) is 11.8. The lowest BCUT2D eigenvalue weighted by molar-refractivity contribution is 0.590. The van der Waals surface area contributed by atoms with Crippen molar-refractivity contribution in [2.24, 2.45) is 5.73 Å². The number of aromatic nitrogens is 3. The van der Waals surface area contributed by atoms with Crippen LogP contribution in [0.4, 0.5) is 0 Å². The molecule has 0 amide bonds. The van der Waals surface area contributed by atoms with Crippen LogP contribution >= 0.6 is 0 Å². The Morgan fingerprint density at radius 3 is 2.25 bits per heavy atom. The summed E-state index contributed by atoms with van der Waals surface area (Å²) in [5.41, 5.74) is 8.31. The van der Waals surface area contributed by atoms with Crippen LogP contribution in [-0.2, 0) is 18.5 Å². The average Bonchev–Trinajstić information content (AvgIpc) is 2.81. The zero-order chi connectivity index (χ0) is 14.8. The predicted molar refractivity (Wildman–Crippen MR) is 82.3 cm³/mol. The third-order valence-corrected chi connectivity index (χ3v) is 3.47. The van der Waals surface area contributed by atoms with Gasteiger partial charge in [0.05, 0.1) is 6.54 Å². The zero-order valence-electron chi connectivity index (χ0n) is 12.8. The van der Waals surface area contributed by atoms with Crippen LogP contribution in [0, 0.1) is 0 Å². The highest BCUT2D eigenvalue weighted by Gasteiger charge is 2.15. The van der Waals surface area contributed by atoms with Crippen molar-refractivity contribution in [3.05, 3.63) is 35.7 Å². The number of rotatable bonds is 4. The van der Waals surface area contributed by atoms with E-state index in [4.69, 9.17) is 5.73 Å². The van der Waals surface area contributed by atoms with E-state index >= 15 is 0 Å².